The van der Waals surface area contributed by atoms with Crippen molar-refractivity contribution in [3.05, 3.63) is 23.3 Å². The van der Waals surface area contributed by atoms with Gasteiger partial charge in [-0.25, -0.2) is 0 Å². The average molecular weight is 341 g/mol. The molecule has 4 nitrogen and oxygen atoms in total. The maximum absolute atomic E-state index is 12.1. The summed E-state index contributed by atoms with van der Waals surface area (Å²) in [6.07, 6.45) is 7.85. The second-order valence-electron chi connectivity index (χ2n) is 8.93. The van der Waals surface area contributed by atoms with Crippen LogP contribution in [0.25, 0.3) is 0 Å². The second kappa shape index (κ2) is 4.72. The summed E-state index contributed by atoms with van der Waals surface area (Å²) in [5.74, 6) is 2.63. The molecular formula is C21H27NO3. The third kappa shape index (κ3) is 1.66. The first-order valence-corrected chi connectivity index (χ1v) is 10.0. The normalized spacial score (nSPS) is 41.2. The molecule has 1 N–H and O–H groups in total. The van der Waals surface area contributed by atoms with Gasteiger partial charge in [0.25, 0.3) is 0 Å². The molecule has 1 unspecified atom stereocenters. The molecule has 0 amide bonds. The van der Waals surface area contributed by atoms with Crippen LogP contribution in [0.5, 0.6) is 11.5 Å². The van der Waals surface area contributed by atoms with Crippen molar-refractivity contribution in [1.29, 1.82) is 0 Å². The molecule has 2 bridgehead atoms. The number of hydrogen-bond acceptors (Lipinski definition) is 4. The third-order valence-corrected chi connectivity index (χ3v) is 7.87. The minimum atomic E-state index is -0.645. The van der Waals surface area contributed by atoms with Gasteiger partial charge in [0.05, 0.1) is 18.1 Å². The van der Waals surface area contributed by atoms with Crippen molar-refractivity contribution in [2.24, 2.45) is 5.92 Å². The van der Waals surface area contributed by atoms with E-state index in [2.05, 4.69) is 17.0 Å². The highest BCUT2D eigenvalue weighted by Gasteiger charge is 2.71. The summed E-state index contributed by atoms with van der Waals surface area (Å²) >= 11 is 0. The summed E-state index contributed by atoms with van der Waals surface area (Å²) in [5, 5.41) is 12.1. The Morgan fingerprint density at radius 1 is 1.28 bits per heavy atom. The zero-order chi connectivity index (χ0) is 16.8. The van der Waals surface area contributed by atoms with E-state index in [-0.39, 0.29) is 17.6 Å². The van der Waals surface area contributed by atoms with Crippen molar-refractivity contribution in [2.45, 2.75) is 68.1 Å². The summed E-state index contributed by atoms with van der Waals surface area (Å²) in [5.41, 5.74) is 1.82. The lowest BCUT2D eigenvalue weighted by Crippen LogP contribution is -2.75. The van der Waals surface area contributed by atoms with Crippen molar-refractivity contribution in [3.63, 3.8) is 0 Å². The van der Waals surface area contributed by atoms with E-state index < -0.39 is 5.60 Å². The summed E-state index contributed by atoms with van der Waals surface area (Å²) in [4.78, 5) is 2.62. The van der Waals surface area contributed by atoms with Gasteiger partial charge < -0.3 is 14.6 Å². The quantitative estimate of drug-likeness (QED) is 0.918. The lowest BCUT2D eigenvalue weighted by atomic mass is 9.49. The molecule has 1 spiro atoms. The molecule has 25 heavy (non-hydrogen) atoms. The number of benzene rings is 1. The molecule has 1 saturated heterocycles. The van der Waals surface area contributed by atoms with Gasteiger partial charge in [-0.05, 0) is 69.0 Å². The topological polar surface area (TPSA) is 41.9 Å². The van der Waals surface area contributed by atoms with Crippen molar-refractivity contribution < 1.29 is 14.6 Å². The van der Waals surface area contributed by atoms with Gasteiger partial charge in [-0.1, -0.05) is 6.07 Å². The maximum atomic E-state index is 12.1. The fraction of sp³-hybridized carbons (Fsp3) is 0.714. The van der Waals surface area contributed by atoms with Crippen LogP contribution in [0.1, 0.15) is 49.7 Å². The molecule has 0 radical (unpaired) electrons. The molecule has 3 fully saturated rings. The molecule has 1 aromatic rings. The van der Waals surface area contributed by atoms with Crippen molar-refractivity contribution in [1.82, 2.24) is 4.90 Å². The van der Waals surface area contributed by atoms with E-state index in [1.165, 1.54) is 30.5 Å². The Balaban J connectivity index is 1.55. The summed E-state index contributed by atoms with van der Waals surface area (Å²) in [7, 11) is 1.72. The van der Waals surface area contributed by atoms with Crippen molar-refractivity contribution in [2.75, 3.05) is 20.2 Å². The average Bonchev–Trinajstić information content (AvgIpc) is 3.35. The predicted octanol–water partition coefficient (Wildman–Crippen LogP) is 2.65. The van der Waals surface area contributed by atoms with Crippen LogP contribution < -0.4 is 9.47 Å². The zero-order valence-corrected chi connectivity index (χ0v) is 15.0. The molecule has 3 aliphatic carbocycles. The van der Waals surface area contributed by atoms with E-state index in [1.807, 2.05) is 0 Å². The molecule has 2 heterocycles. The second-order valence-corrected chi connectivity index (χ2v) is 8.93. The van der Waals surface area contributed by atoms with E-state index in [0.29, 0.717) is 0 Å². The number of nitrogens with zero attached hydrogens (tertiary/aromatic N) is 1. The van der Waals surface area contributed by atoms with Gasteiger partial charge in [-0.15, -0.1) is 0 Å². The Bertz CT molecular complexity index is 745. The smallest absolute Gasteiger partial charge is 0.165 e. The highest BCUT2D eigenvalue weighted by Crippen LogP contribution is 2.65. The van der Waals surface area contributed by atoms with Gasteiger partial charge in [0.15, 0.2) is 11.5 Å². The molecule has 2 aliphatic heterocycles. The fourth-order valence-electron chi connectivity index (χ4n) is 6.63. The van der Waals surface area contributed by atoms with Crippen molar-refractivity contribution >= 4 is 0 Å². The highest BCUT2D eigenvalue weighted by molar-refractivity contribution is 5.62. The number of methoxy groups -OCH3 is 1. The number of ether oxygens (including phenoxy) is 2. The summed E-state index contributed by atoms with van der Waals surface area (Å²) in [6, 6.07) is 4.54. The third-order valence-electron chi connectivity index (χ3n) is 7.87. The van der Waals surface area contributed by atoms with Crippen LogP contribution in [0.4, 0.5) is 0 Å². The van der Waals surface area contributed by atoms with E-state index in [0.717, 1.165) is 56.1 Å². The van der Waals surface area contributed by atoms with E-state index >= 15 is 0 Å². The van der Waals surface area contributed by atoms with E-state index in [4.69, 9.17) is 9.47 Å². The molecule has 5 aliphatic rings. The summed E-state index contributed by atoms with van der Waals surface area (Å²) in [6.45, 7) is 2.27. The number of likely N-dealkylation sites (tertiary alicyclic amines) is 1. The van der Waals surface area contributed by atoms with Crippen LogP contribution >= 0.6 is 0 Å². The molecule has 2 saturated carbocycles. The molecule has 1 aromatic carbocycles. The van der Waals surface area contributed by atoms with Crippen LogP contribution in [-0.4, -0.2) is 48.0 Å². The van der Waals surface area contributed by atoms with Crippen LogP contribution in [-0.2, 0) is 11.8 Å². The van der Waals surface area contributed by atoms with Gasteiger partial charge in [0, 0.05) is 18.2 Å². The first kappa shape index (κ1) is 14.9. The minimum Gasteiger partial charge on any atom is -0.493 e. The molecular weight excluding hydrogens is 314 g/mol. The van der Waals surface area contributed by atoms with Crippen molar-refractivity contribution in [3.8, 4) is 11.5 Å². The lowest BCUT2D eigenvalue weighted by molar-refractivity contribution is -0.185. The Labute approximate surface area is 149 Å². The number of piperidine rings is 1. The lowest BCUT2D eigenvalue weighted by Gasteiger charge is -2.63. The molecule has 134 valence electrons. The fourth-order valence-corrected chi connectivity index (χ4v) is 6.63. The Morgan fingerprint density at radius 2 is 2.16 bits per heavy atom. The van der Waals surface area contributed by atoms with E-state index in [9.17, 15) is 5.11 Å². The monoisotopic (exact) mass is 341 g/mol. The Kier molecular flexibility index (Phi) is 2.80. The molecule has 0 aromatic heterocycles. The number of rotatable bonds is 3. The van der Waals surface area contributed by atoms with Gasteiger partial charge in [-0.2, -0.15) is 0 Å². The minimum absolute atomic E-state index is 0.113. The predicted molar refractivity (Wildman–Crippen MR) is 94.3 cm³/mol. The number of hydrogen-bond donors (Lipinski definition) is 1. The van der Waals surface area contributed by atoms with Crippen LogP contribution in [0.2, 0.25) is 0 Å². The standard InChI is InChI=1S/C21H27NO3/c1-24-15-7-6-14-11-16-21(23)8-2-3-17-20(21,18(14)19(15)25-17)9-10-22(16)12-13-4-5-13/h6-7,13,16-17,23H,2-5,8-12H2,1H3/t16-,17+,20-,21?/m1/s1. The first-order chi connectivity index (χ1) is 12.2. The van der Waals surface area contributed by atoms with Gasteiger partial charge >= 0.3 is 0 Å². The highest BCUT2D eigenvalue weighted by atomic mass is 16.5. The maximum Gasteiger partial charge on any atom is 0.165 e. The Hall–Kier alpha value is -1.26. The Morgan fingerprint density at radius 3 is 2.96 bits per heavy atom. The molecule has 6 rings (SSSR count). The van der Waals surface area contributed by atoms with E-state index in [1.54, 1.807) is 7.11 Å². The SMILES string of the molecule is COc1ccc2c3c1O[C@H]1CCCC4(O)[C@@H](C2)N(CC2CC2)CC[C@]314. The molecule has 4 heteroatoms. The van der Waals surface area contributed by atoms with Crippen LogP contribution in [0.15, 0.2) is 12.1 Å². The van der Waals surface area contributed by atoms with Crippen LogP contribution in [0.3, 0.4) is 0 Å². The summed E-state index contributed by atoms with van der Waals surface area (Å²) < 4.78 is 12.1. The number of aliphatic hydroxyl groups is 1. The zero-order valence-electron chi connectivity index (χ0n) is 15.0. The van der Waals surface area contributed by atoms with Gasteiger partial charge in [-0.3, -0.25) is 4.90 Å². The van der Waals surface area contributed by atoms with Crippen LogP contribution in [0, 0.1) is 5.92 Å². The molecule has 4 atom stereocenters. The largest absolute Gasteiger partial charge is 0.493 e. The van der Waals surface area contributed by atoms with Gasteiger partial charge in [0.2, 0.25) is 0 Å². The first-order valence-electron chi connectivity index (χ1n) is 10.0. The van der Waals surface area contributed by atoms with Gasteiger partial charge in [0.1, 0.15) is 6.10 Å².